The highest BCUT2D eigenvalue weighted by molar-refractivity contribution is 5.85. The van der Waals surface area contributed by atoms with Gasteiger partial charge in [-0.25, -0.2) is 9.67 Å². The first-order valence-electron chi connectivity index (χ1n) is 7.34. The van der Waals surface area contributed by atoms with E-state index in [4.69, 9.17) is 15.6 Å². The van der Waals surface area contributed by atoms with E-state index in [1.165, 1.54) is 0 Å². The van der Waals surface area contributed by atoms with E-state index in [-0.39, 0.29) is 0 Å². The minimum Gasteiger partial charge on any atom is -0.477 e. The van der Waals surface area contributed by atoms with E-state index in [1.807, 2.05) is 35.0 Å². The van der Waals surface area contributed by atoms with Gasteiger partial charge in [0.2, 0.25) is 5.88 Å². The predicted octanol–water partition coefficient (Wildman–Crippen LogP) is 2.98. The molecule has 4 rings (SSSR count). The van der Waals surface area contributed by atoms with Crippen molar-refractivity contribution in [3.05, 3.63) is 48.7 Å². The minimum atomic E-state index is 0.493. The van der Waals surface area contributed by atoms with Gasteiger partial charge in [-0.15, -0.1) is 0 Å². The van der Waals surface area contributed by atoms with Crippen LogP contribution in [0.3, 0.4) is 0 Å². The molecule has 0 radical (unpaired) electrons. The van der Waals surface area contributed by atoms with Crippen LogP contribution in [0.4, 0.5) is 5.82 Å². The monoisotopic (exact) mass is 292 g/mol. The van der Waals surface area contributed by atoms with E-state index in [2.05, 4.69) is 17.1 Å². The first-order valence-corrected chi connectivity index (χ1v) is 7.34. The second kappa shape index (κ2) is 5.18. The molecular formula is C17H16N4O. The molecule has 110 valence electrons. The number of pyridine rings is 1. The Kier molecular flexibility index (Phi) is 3.04. The molecule has 0 amide bonds. The largest absolute Gasteiger partial charge is 0.477 e. The quantitative estimate of drug-likeness (QED) is 0.788. The molecular weight excluding hydrogens is 276 g/mol. The van der Waals surface area contributed by atoms with Gasteiger partial charge in [-0.2, -0.15) is 5.10 Å². The summed E-state index contributed by atoms with van der Waals surface area (Å²) in [6.07, 6.45) is 2.69. The fourth-order valence-electron chi connectivity index (χ4n) is 2.79. The summed E-state index contributed by atoms with van der Waals surface area (Å²) in [4.78, 5) is 4.07. The Morgan fingerprint density at radius 3 is 2.77 bits per heavy atom. The summed E-state index contributed by atoms with van der Waals surface area (Å²) in [5.41, 5.74) is 9.80. The lowest BCUT2D eigenvalue weighted by atomic mass is 10.0. The molecule has 0 unspecified atom stereocenters. The maximum absolute atomic E-state index is 5.89. The highest BCUT2D eigenvalue weighted by Gasteiger charge is 2.24. The molecule has 5 heteroatoms. The highest BCUT2D eigenvalue weighted by atomic mass is 16.5. The Labute approximate surface area is 128 Å². The van der Waals surface area contributed by atoms with E-state index in [0.29, 0.717) is 12.4 Å². The van der Waals surface area contributed by atoms with Crippen LogP contribution in [0.5, 0.6) is 5.88 Å². The van der Waals surface area contributed by atoms with Crippen LogP contribution in [0.1, 0.15) is 6.42 Å². The van der Waals surface area contributed by atoms with Gasteiger partial charge in [-0.1, -0.05) is 30.3 Å². The SMILES string of the molecule is Nc1cc(-c2c(-c3ccccc3)nn3c2OCCC3)ccn1. The van der Waals surface area contributed by atoms with E-state index >= 15 is 0 Å². The van der Waals surface area contributed by atoms with Crippen molar-refractivity contribution >= 4 is 5.82 Å². The third kappa shape index (κ3) is 2.11. The maximum atomic E-state index is 5.89. The standard InChI is InChI=1S/C17H16N4O/c18-14-11-13(7-8-19-14)15-16(12-5-2-1-3-6-12)20-21-9-4-10-22-17(15)21/h1-3,5-8,11H,4,9-10H2,(H2,18,19). The number of nitrogens with zero attached hydrogens (tertiary/aromatic N) is 3. The van der Waals surface area contributed by atoms with Crippen LogP contribution in [0, 0.1) is 0 Å². The summed E-state index contributed by atoms with van der Waals surface area (Å²) in [7, 11) is 0. The van der Waals surface area contributed by atoms with Crippen LogP contribution in [0.2, 0.25) is 0 Å². The van der Waals surface area contributed by atoms with Crippen molar-refractivity contribution in [3.8, 4) is 28.3 Å². The molecule has 0 fully saturated rings. The van der Waals surface area contributed by atoms with Gasteiger partial charge in [0.25, 0.3) is 0 Å². The van der Waals surface area contributed by atoms with E-state index in [1.54, 1.807) is 6.20 Å². The van der Waals surface area contributed by atoms with Gasteiger partial charge in [0.15, 0.2) is 0 Å². The molecule has 0 saturated heterocycles. The molecule has 1 aromatic carbocycles. The molecule has 22 heavy (non-hydrogen) atoms. The molecule has 2 aromatic heterocycles. The van der Waals surface area contributed by atoms with Crippen LogP contribution in [0.25, 0.3) is 22.4 Å². The topological polar surface area (TPSA) is 66.0 Å². The molecule has 5 nitrogen and oxygen atoms in total. The highest BCUT2D eigenvalue weighted by Crippen LogP contribution is 2.40. The number of aromatic nitrogens is 3. The van der Waals surface area contributed by atoms with E-state index in [9.17, 15) is 0 Å². The number of nitrogen functional groups attached to an aromatic ring is 1. The molecule has 0 bridgehead atoms. The molecule has 0 spiro atoms. The van der Waals surface area contributed by atoms with Crippen molar-refractivity contribution in [2.45, 2.75) is 13.0 Å². The molecule has 0 aliphatic carbocycles. The van der Waals surface area contributed by atoms with Crippen molar-refractivity contribution in [2.24, 2.45) is 0 Å². The summed E-state index contributed by atoms with van der Waals surface area (Å²) in [6.45, 7) is 1.59. The third-order valence-electron chi connectivity index (χ3n) is 3.78. The van der Waals surface area contributed by atoms with Gasteiger partial charge in [-0.05, 0) is 17.7 Å². The zero-order valence-electron chi connectivity index (χ0n) is 12.1. The average molecular weight is 292 g/mol. The number of ether oxygens (including phenoxy) is 1. The summed E-state index contributed by atoms with van der Waals surface area (Å²) < 4.78 is 7.83. The Hall–Kier alpha value is -2.82. The molecule has 3 aromatic rings. The summed E-state index contributed by atoms with van der Waals surface area (Å²) in [5, 5.41) is 4.76. The van der Waals surface area contributed by atoms with Gasteiger partial charge in [0.1, 0.15) is 11.5 Å². The number of hydrogen-bond donors (Lipinski definition) is 1. The Balaban J connectivity index is 1.97. The molecule has 2 N–H and O–H groups in total. The molecule has 0 atom stereocenters. The Morgan fingerprint density at radius 2 is 1.95 bits per heavy atom. The maximum Gasteiger partial charge on any atom is 0.220 e. The Bertz CT molecular complexity index is 811. The fourth-order valence-corrected chi connectivity index (χ4v) is 2.79. The number of fused-ring (bicyclic) bond motifs is 1. The van der Waals surface area contributed by atoms with Crippen LogP contribution >= 0.6 is 0 Å². The lowest BCUT2D eigenvalue weighted by Gasteiger charge is -2.16. The van der Waals surface area contributed by atoms with Gasteiger partial charge in [0.05, 0.1) is 12.2 Å². The first-order chi connectivity index (χ1) is 10.8. The van der Waals surface area contributed by atoms with Crippen molar-refractivity contribution in [1.29, 1.82) is 0 Å². The van der Waals surface area contributed by atoms with Gasteiger partial charge in [-0.3, -0.25) is 0 Å². The number of aryl methyl sites for hydroxylation is 1. The van der Waals surface area contributed by atoms with Gasteiger partial charge >= 0.3 is 0 Å². The van der Waals surface area contributed by atoms with E-state index in [0.717, 1.165) is 41.2 Å². The fraction of sp³-hybridized carbons (Fsp3) is 0.176. The van der Waals surface area contributed by atoms with Crippen molar-refractivity contribution < 1.29 is 4.74 Å². The smallest absolute Gasteiger partial charge is 0.220 e. The molecule has 3 heterocycles. The minimum absolute atomic E-state index is 0.493. The summed E-state index contributed by atoms with van der Waals surface area (Å²) >= 11 is 0. The Morgan fingerprint density at radius 1 is 1.09 bits per heavy atom. The molecule has 0 saturated carbocycles. The second-order valence-corrected chi connectivity index (χ2v) is 5.29. The number of rotatable bonds is 2. The molecule has 1 aliphatic heterocycles. The zero-order valence-corrected chi connectivity index (χ0v) is 12.1. The van der Waals surface area contributed by atoms with Crippen LogP contribution in [-0.2, 0) is 6.54 Å². The number of hydrogen-bond acceptors (Lipinski definition) is 4. The molecule has 1 aliphatic rings. The number of nitrogens with two attached hydrogens (primary N) is 1. The van der Waals surface area contributed by atoms with Crippen molar-refractivity contribution in [1.82, 2.24) is 14.8 Å². The number of anilines is 1. The van der Waals surface area contributed by atoms with E-state index < -0.39 is 0 Å². The van der Waals surface area contributed by atoms with Crippen molar-refractivity contribution in [3.63, 3.8) is 0 Å². The second-order valence-electron chi connectivity index (χ2n) is 5.29. The lowest BCUT2D eigenvalue weighted by Crippen LogP contribution is -2.14. The summed E-state index contributed by atoms with van der Waals surface area (Å²) in [5.74, 6) is 1.31. The normalized spacial score (nSPS) is 13.5. The first kappa shape index (κ1) is 12.9. The van der Waals surface area contributed by atoms with Crippen molar-refractivity contribution in [2.75, 3.05) is 12.3 Å². The van der Waals surface area contributed by atoms with Gasteiger partial charge < -0.3 is 10.5 Å². The summed E-state index contributed by atoms with van der Waals surface area (Å²) in [6, 6.07) is 13.9. The number of benzene rings is 1. The predicted molar refractivity (Wildman–Crippen MR) is 85.4 cm³/mol. The lowest BCUT2D eigenvalue weighted by molar-refractivity contribution is 0.231. The van der Waals surface area contributed by atoms with Gasteiger partial charge in [0, 0.05) is 24.7 Å². The van der Waals surface area contributed by atoms with Crippen LogP contribution in [0.15, 0.2) is 48.7 Å². The van der Waals surface area contributed by atoms with Crippen LogP contribution < -0.4 is 10.5 Å². The van der Waals surface area contributed by atoms with Crippen LogP contribution in [-0.4, -0.2) is 21.4 Å². The third-order valence-corrected chi connectivity index (χ3v) is 3.78. The zero-order chi connectivity index (χ0) is 14.9. The average Bonchev–Trinajstić information content (AvgIpc) is 2.95.